The van der Waals surface area contributed by atoms with Crippen molar-refractivity contribution in [2.24, 2.45) is 0 Å². The molecule has 0 radical (unpaired) electrons. The minimum absolute atomic E-state index is 0.686. The van der Waals surface area contributed by atoms with E-state index in [4.69, 9.17) is 19.9 Å². The van der Waals surface area contributed by atoms with Crippen molar-refractivity contribution in [1.29, 1.82) is 0 Å². The Morgan fingerprint density at radius 3 is 0.691 bits per heavy atom. The SMILES string of the molecule is c1ccc(-c2ccc(-c3cc(-c4cccc(-c5cccc6c5c5ccccc5n6-c5ccc(-c6cccc7c6c6ccccc6n7-c6ccccc6)cc5)c4)nc(-c4ccccc4)n3)cc2)cc1.c1ccc(-c2ccc(-c3cc(-c4ccccc4)nc(-c4cccc(-c5cccc6c5c5ccccc5n6-c5ccc(-c6cccc7c6c6ccccc6n7-c6ccccc6)cc5)c4)n3)cc2)cc1. The van der Waals surface area contributed by atoms with Crippen molar-refractivity contribution in [2.45, 2.75) is 0 Å². The molecule has 6 heterocycles. The van der Waals surface area contributed by atoms with Crippen molar-refractivity contribution >= 4 is 87.2 Å². The van der Waals surface area contributed by atoms with Crippen LogP contribution in [0.15, 0.2) is 510 Å². The summed E-state index contributed by atoms with van der Waals surface area (Å²) < 4.78 is 9.58. The molecule has 6 aromatic heterocycles. The monoisotopic (exact) mass is 1730 g/mol. The minimum Gasteiger partial charge on any atom is -0.309 e. The van der Waals surface area contributed by atoms with E-state index in [1.54, 1.807) is 0 Å². The summed E-state index contributed by atoms with van der Waals surface area (Å²) in [4.78, 5) is 20.8. The van der Waals surface area contributed by atoms with Crippen LogP contribution in [0.3, 0.4) is 0 Å². The second-order valence-corrected chi connectivity index (χ2v) is 34.7. The quantitative estimate of drug-likeness (QED) is 0.0966. The third-order valence-corrected chi connectivity index (χ3v) is 26.7. The van der Waals surface area contributed by atoms with Gasteiger partial charge < -0.3 is 18.3 Å². The molecular formula is C128H84N8. The van der Waals surface area contributed by atoms with E-state index in [9.17, 15) is 0 Å². The molecule has 8 nitrogen and oxygen atoms in total. The molecule has 26 aromatic rings. The van der Waals surface area contributed by atoms with E-state index in [0.717, 1.165) is 118 Å². The maximum Gasteiger partial charge on any atom is 0.160 e. The molecule has 136 heavy (non-hydrogen) atoms. The van der Waals surface area contributed by atoms with Gasteiger partial charge in [0.15, 0.2) is 11.6 Å². The number of para-hydroxylation sites is 6. The standard InChI is InChI=1S/2C64H42N4/c1-4-17-43(18-5-1)44-33-35-46(36-34-44)56-42-57(66-64(65-56)47-19-6-2-7-20-47)49-22-14-21-48(41-49)53-28-16-32-61-63(53)55-26-11-13-30-59(55)68(61)51-39-37-45(38-40-51)52-27-15-31-60-62(52)54-25-10-12-29-58(54)67(60)50-23-8-3-9-24-50;1-4-17-43(18-5-1)44-33-35-47(36-34-44)57-42-56(46-19-6-2-7-20-46)65-64(66-57)49-22-14-21-48(41-49)53-28-16-32-61-63(53)55-26-11-13-30-59(55)68(61)51-39-37-45(38-40-51)52-27-15-31-60-62(52)54-25-10-12-29-58(54)67(60)50-23-8-3-9-24-50/h2*1-42H. The maximum atomic E-state index is 5.25. The molecule has 0 aliphatic rings. The van der Waals surface area contributed by atoms with Gasteiger partial charge in [-0.2, -0.15) is 0 Å². The zero-order valence-electron chi connectivity index (χ0n) is 74.1. The third-order valence-electron chi connectivity index (χ3n) is 26.7. The Morgan fingerprint density at radius 2 is 0.338 bits per heavy atom. The van der Waals surface area contributed by atoms with Gasteiger partial charge in [-0.15, -0.1) is 0 Å². The summed E-state index contributed by atoms with van der Waals surface area (Å²) in [5, 5.41) is 9.85. The Balaban J connectivity index is 0.000000145. The van der Waals surface area contributed by atoms with E-state index >= 15 is 0 Å². The number of hydrogen-bond acceptors (Lipinski definition) is 4. The molecule has 0 saturated carbocycles. The molecule has 0 aliphatic heterocycles. The molecule has 0 aliphatic carbocycles. The van der Waals surface area contributed by atoms with Gasteiger partial charge in [-0.3, -0.25) is 0 Å². The summed E-state index contributed by atoms with van der Waals surface area (Å²) in [6, 6.07) is 182. The molecule has 26 rings (SSSR count). The molecule has 0 atom stereocenters. The van der Waals surface area contributed by atoms with E-state index in [1.165, 1.54) is 115 Å². The van der Waals surface area contributed by atoms with Crippen LogP contribution in [0.5, 0.6) is 0 Å². The molecule has 0 unspecified atom stereocenters. The van der Waals surface area contributed by atoms with Crippen LogP contribution in [0.25, 0.3) is 245 Å². The van der Waals surface area contributed by atoms with E-state index in [-0.39, 0.29) is 0 Å². The molecule has 20 aromatic carbocycles. The second kappa shape index (κ2) is 34.2. The average molecular weight is 1730 g/mol. The molecule has 0 fully saturated rings. The summed E-state index contributed by atoms with van der Waals surface area (Å²) in [6.07, 6.45) is 0. The Morgan fingerprint density at radius 1 is 0.125 bits per heavy atom. The van der Waals surface area contributed by atoms with Gasteiger partial charge in [0.1, 0.15) is 0 Å². The van der Waals surface area contributed by atoms with E-state index < -0.39 is 0 Å². The summed E-state index contributed by atoms with van der Waals surface area (Å²) in [5.74, 6) is 1.38. The topological polar surface area (TPSA) is 71.3 Å². The molecule has 8 heteroatoms. The highest BCUT2D eigenvalue weighted by Gasteiger charge is 2.25. The van der Waals surface area contributed by atoms with Gasteiger partial charge in [0.25, 0.3) is 0 Å². The van der Waals surface area contributed by atoms with Crippen LogP contribution < -0.4 is 0 Å². The summed E-state index contributed by atoms with van der Waals surface area (Å²) >= 11 is 0. The number of hydrogen-bond donors (Lipinski definition) is 0. The number of aromatic nitrogens is 8. The van der Waals surface area contributed by atoms with Crippen LogP contribution in [-0.2, 0) is 0 Å². The first kappa shape index (κ1) is 79.9. The number of benzene rings is 20. The first-order chi connectivity index (χ1) is 67.5. The number of nitrogens with zero attached hydrogens (tertiary/aromatic N) is 8. The Bertz CT molecular complexity index is 8490. The van der Waals surface area contributed by atoms with Gasteiger partial charge in [-0.25, -0.2) is 19.9 Å². The molecule has 0 bridgehead atoms. The second-order valence-electron chi connectivity index (χ2n) is 34.7. The maximum absolute atomic E-state index is 5.25. The zero-order valence-corrected chi connectivity index (χ0v) is 74.1. The van der Waals surface area contributed by atoms with Crippen LogP contribution in [0.1, 0.15) is 0 Å². The summed E-state index contributed by atoms with van der Waals surface area (Å²) in [6.45, 7) is 0. The number of fused-ring (bicyclic) bond motifs is 12. The number of rotatable bonds is 16. The van der Waals surface area contributed by atoms with Crippen LogP contribution in [0.2, 0.25) is 0 Å². The molecule has 0 amide bonds. The lowest BCUT2D eigenvalue weighted by Crippen LogP contribution is -1.96. The lowest BCUT2D eigenvalue weighted by Gasteiger charge is -2.12. The van der Waals surface area contributed by atoms with Crippen molar-refractivity contribution in [3.8, 4) is 157 Å². The first-order valence-electron chi connectivity index (χ1n) is 46.3. The Labute approximate surface area is 786 Å². The van der Waals surface area contributed by atoms with Crippen LogP contribution in [-0.4, -0.2) is 38.2 Å². The van der Waals surface area contributed by atoms with E-state index in [2.05, 4.69) is 491 Å². The third kappa shape index (κ3) is 14.4. The van der Waals surface area contributed by atoms with Gasteiger partial charge in [-0.05, 0) is 188 Å². The minimum atomic E-state index is 0.686. The fourth-order valence-electron chi connectivity index (χ4n) is 20.4. The fourth-order valence-corrected chi connectivity index (χ4v) is 20.4. The summed E-state index contributed by atoms with van der Waals surface area (Å²) in [7, 11) is 0. The van der Waals surface area contributed by atoms with Crippen molar-refractivity contribution in [2.75, 3.05) is 0 Å². The van der Waals surface area contributed by atoms with Crippen LogP contribution in [0, 0.1) is 0 Å². The lowest BCUT2D eigenvalue weighted by molar-refractivity contribution is 1.18. The lowest BCUT2D eigenvalue weighted by atomic mass is 9.96. The van der Waals surface area contributed by atoms with E-state index in [1.807, 2.05) is 36.4 Å². The molecule has 0 spiro atoms. The highest BCUT2D eigenvalue weighted by molar-refractivity contribution is 6.20. The highest BCUT2D eigenvalue weighted by atomic mass is 15.0. The first-order valence-corrected chi connectivity index (χ1v) is 46.3. The fraction of sp³-hybridized carbons (Fsp3) is 0. The van der Waals surface area contributed by atoms with E-state index in [0.29, 0.717) is 11.6 Å². The highest BCUT2D eigenvalue weighted by Crippen LogP contribution is 2.47. The van der Waals surface area contributed by atoms with Gasteiger partial charge in [0, 0.05) is 99.2 Å². The summed E-state index contributed by atoms with van der Waals surface area (Å²) in [5.41, 5.74) is 37.7. The normalized spacial score (nSPS) is 11.5. The molecular weight excluding hydrogens is 1650 g/mol. The molecule has 0 saturated heterocycles. The van der Waals surface area contributed by atoms with Gasteiger partial charge >= 0.3 is 0 Å². The predicted molar refractivity (Wildman–Crippen MR) is 567 cm³/mol. The average Bonchev–Trinajstić information content (AvgIpc) is 1.59. The molecule has 636 valence electrons. The van der Waals surface area contributed by atoms with Crippen molar-refractivity contribution in [3.63, 3.8) is 0 Å². The van der Waals surface area contributed by atoms with Crippen LogP contribution in [0.4, 0.5) is 0 Å². The van der Waals surface area contributed by atoms with Crippen molar-refractivity contribution in [1.82, 2.24) is 38.2 Å². The smallest absolute Gasteiger partial charge is 0.160 e. The largest absolute Gasteiger partial charge is 0.309 e. The van der Waals surface area contributed by atoms with Gasteiger partial charge in [0.05, 0.1) is 66.9 Å². The van der Waals surface area contributed by atoms with Gasteiger partial charge in [-0.1, -0.05) is 388 Å². The van der Waals surface area contributed by atoms with Crippen molar-refractivity contribution < 1.29 is 0 Å². The predicted octanol–water partition coefficient (Wildman–Crippen LogP) is 33.3. The van der Waals surface area contributed by atoms with Crippen molar-refractivity contribution in [3.05, 3.63) is 510 Å². The van der Waals surface area contributed by atoms with Crippen LogP contribution >= 0.6 is 0 Å². The Kier molecular flexibility index (Phi) is 20.1. The van der Waals surface area contributed by atoms with Gasteiger partial charge in [0.2, 0.25) is 0 Å². The zero-order chi connectivity index (χ0) is 89.9. The molecule has 0 N–H and O–H groups in total. The Hall–Kier alpha value is -18.2.